The minimum Gasteiger partial charge on any atom is -0.497 e. The van der Waals surface area contributed by atoms with Crippen LogP contribution in [0.5, 0.6) is 11.5 Å². The van der Waals surface area contributed by atoms with Crippen molar-refractivity contribution >= 4 is 17.2 Å². The van der Waals surface area contributed by atoms with Gasteiger partial charge in [0.1, 0.15) is 11.5 Å². The fourth-order valence-corrected chi connectivity index (χ4v) is 2.52. The van der Waals surface area contributed by atoms with Crippen molar-refractivity contribution < 1.29 is 14.3 Å². The Labute approximate surface area is 143 Å². The highest BCUT2D eigenvalue weighted by atomic mass is 16.5. The van der Waals surface area contributed by atoms with Crippen LogP contribution < -0.4 is 14.8 Å². The molecule has 126 valence electrons. The van der Waals surface area contributed by atoms with E-state index in [4.69, 9.17) is 9.47 Å². The maximum atomic E-state index is 12.3. The van der Waals surface area contributed by atoms with Gasteiger partial charge in [0.2, 0.25) is 5.91 Å². The lowest BCUT2D eigenvalue weighted by molar-refractivity contribution is -0.111. The second-order valence-corrected chi connectivity index (χ2v) is 5.39. The molecule has 0 atom stereocenters. The lowest BCUT2D eigenvalue weighted by Crippen LogP contribution is -2.10. The van der Waals surface area contributed by atoms with Crippen LogP contribution in [0.2, 0.25) is 0 Å². The Balaban J connectivity index is 2.22. The Bertz CT molecular complexity index is 750. The Kier molecular flexibility index (Phi) is 6.01. The van der Waals surface area contributed by atoms with Crippen LogP contribution in [0.15, 0.2) is 48.5 Å². The maximum absolute atomic E-state index is 12.3. The molecule has 0 unspecified atom stereocenters. The Morgan fingerprint density at radius 3 is 2.54 bits per heavy atom. The first kappa shape index (κ1) is 17.6. The van der Waals surface area contributed by atoms with Gasteiger partial charge in [0, 0.05) is 23.4 Å². The number of hydrogen-bond acceptors (Lipinski definition) is 3. The third kappa shape index (κ3) is 4.16. The number of benzene rings is 2. The minimum absolute atomic E-state index is 0.161. The fraction of sp³-hybridized carbons (Fsp3) is 0.250. The van der Waals surface area contributed by atoms with Crippen molar-refractivity contribution in [2.75, 3.05) is 19.5 Å². The SMILES string of the molecule is CCc1ccccc1NC(=O)/C=C(\C)c1ccc(OC)cc1OC. The van der Waals surface area contributed by atoms with E-state index >= 15 is 0 Å². The molecule has 0 spiro atoms. The largest absolute Gasteiger partial charge is 0.497 e. The highest BCUT2D eigenvalue weighted by molar-refractivity contribution is 6.04. The molecule has 0 aliphatic heterocycles. The van der Waals surface area contributed by atoms with Gasteiger partial charge in [-0.1, -0.05) is 25.1 Å². The van der Waals surface area contributed by atoms with Gasteiger partial charge >= 0.3 is 0 Å². The van der Waals surface area contributed by atoms with Gasteiger partial charge in [-0.2, -0.15) is 0 Å². The van der Waals surface area contributed by atoms with Crippen molar-refractivity contribution in [1.29, 1.82) is 0 Å². The first-order valence-corrected chi connectivity index (χ1v) is 7.88. The number of carbonyl (C=O) groups is 1. The predicted octanol–water partition coefficient (Wildman–Crippen LogP) is 4.31. The van der Waals surface area contributed by atoms with E-state index < -0.39 is 0 Å². The molecule has 1 amide bonds. The van der Waals surface area contributed by atoms with E-state index in [2.05, 4.69) is 12.2 Å². The van der Waals surface area contributed by atoms with Crippen molar-refractivity contribution in [3.8, 4) is 11.5 Å². The number of allylic oxidation sites excluding steroid dienone is 1. The molecule has 2 aromatic rings. The summed E-state index contributed by atoms with van der Waals surface area (Å²) in [5.74, 6) is 1.22. The molecule has 4 nitrogen and oxygen atoms in total. The third-order valence-electron chi connectivity index (χ3n) is 3.84. The zero-order valence-corrected chi connectivity index (χ0v) is 14.6. The van der Waals surface area contributed by atoms with Gasteiger partial charge < -0.3 is 14.8 Å². The van der Waals surface area contributed by atoms with E-state index in [1.807, 2.05) is 43.3 Å². The summed E-state index contributed by atoms with van der Waals surface area (Å²) >= 11 is 0. The third-order valence-corrected chi connectivity index (χ3v) is 3.84. The van der Waals surface area contributed by atoms with E-state index in [9.17, 15) is 4.79 Å². The van der Waals surface area contributed by atoms with Crippen LogP contribution in [0.25, 0.3) is 5.57 Å². The molecule has 4 heteroatoms. The van der Waals surface area contributed by atoms with Crippen LogP contribution in [0, 0.1) is 0 Å². The molecular formula is C20H23NO3. The number of methoxy groups -OCH3 is 2. The molecule has 2 aromatic carbocycles. The molecule has 1 N–H and O–H groups in total. The lowest BCUT2D eigenvalue weighted by atomic mass is 10.1. The summed E-state index contributed by atoms with van der Waals surface area (Å²) in [5, 5.41) is 2.94. The van der Waals surface area contributed by atoms with Crippen LogP contribution >= 0.6 is 0 Å². The molecule has 2 rings (SSSR count). The molecule has 0 saturated heterocycles. The lowest BCUT2D eigenvalue weighted by Gasteiger charge is -2.11. The number of rotatable bonds is 6. The Hall–Kier alpha value is -2.75. The van der Waals surface area contributed by atoms with Gasteiger partial charge in [0.15, 0.2) is 0 Å². The summed E-state index contributed by atoms with van der Waals surface area (Å²) < 4.78 is 10.6. The molecule has 0 aliphatic rings. The number of hydrogen-bond donors (Lipinski definition) is 1. The Morgan fingerprint density at radius 1 is 1.12 bits per heavy atom. The smallest absolute Gasteiger partial charge is 0.248 e. The molecule has 0 fully saturated rings. The van der Waals surface area contributed by atoms with Gasteiger partial charge in [-0.05, 0) is 42.7 Å². The molecule has 0 radical (unpaired) electrons. The average molecular weight is 325 g/mol. The quantitative estimate of drug-likeness (QED) is 0.805. The maximum Gasteiger partial charge on any atom is 0.248 e. The van der Waals surface area contributed by atoms with Crippen LogP contribution in [-0.2, 0) is 11.2 Å². The second kappa shape index (κ2) is 8.20. The zero-order valence-electron chi connectivity index (χ0n) is 14.6. The molecular weight excluding hydrogens is 302 g/mol. The number of ether oxygens (including phenoxy) is 2. The zero-order chi connectivity index (χ0) is 17.5. The molecule has 0 aromatic heterocycles. The first-order valence-electron chi connectivity index (χ1n) is 7.88. The summed E-state index contributed by atoms with van der Waals surface area (Å²) in [6.45, 7) is 3.95. The van der Waals surface area contributed by atoms with E-state index in [1.165, 1.54) is 0 Å². The fourth-order valence-electron chi connectivity index (χ4n) is 2.52. The highest BCUT2D eigenvalue weighted by Crippen LogP contribution is 2.30. The summed E-state index contributed by atoms with van der Waals surface area (Å²) in [6.07, 6.45) is 2.45. The summed E-state index contributed by atoms with van der Waals surface area (Å²) in [7, 11) is 3.21. The van der Waals surface area contributed by atoms with E-state index in [-0.39, 0.29) is 5.91 Å². The van der Waals surface area contributed by atoms with Crippen LogP contribution in [0.3, 0.4) is 0 Å². The Morgan fingerprint density at radius 2 is 1.88 bits per heavy atom. The minimum atomic E-state index is -0.161. The van der Waals surface area contributed by atoms with Crippen LogP contribution in [0.1, 0.15) is 25.0 Å². The standard InChI is InChI=1S/C20H23NO3/c1-5-15-8-6-7-9-18(15)21-20(22)12-14(2)17-11-10-16(23-3)13-19(17)24-4/h6-13H,5H2,1-4H3,(H,21,22)/b14-12+. The normalized spacial score (nSPS) is 11.1. The van der Waals surface area contributed by atoms with Gasteiger partial charge in [-0.15, -0.1) is 0 Å². The number of para-hydroxylation sites is 1. The summed E-state index contributed by atoms with van der Waals surface area (Å²) in [6, 6.07) is 13.3. The monoisotopic (exact) mass is 325 g/mol. The molecule has 0 saturated carbocycles. The van der Waals surface area contributed by atoms with E-state index in [0.717, 1.165) is 28.8 Å². The molecule has 24 heavy (non-hydrogen) atoms. The van der Waals surface area contributed by atoms with Gasteiger partial charge in [-0.25, -0.2) is 0 Å². The topological polar surface area (TPSA) is 47.6 Å². The van der Waals surface area contributed by atoms with Crippen molar-refractivity contribution in [1.82, 2.24) is 0 Å². The van der Waals surface area contributed by atoms with Crippen molar-refractivity contribution in [3.05, 3.63) is 59.7 Å². The molecule has 0 heterocycles. The number of aryl methyl sites for hydroxylation is 1. The predicted molar refractivity (Wildman–Crippen MR) is 97.6 cm³/mol. The summed E-state index contributed by atoms with van der Waals surface area (Å²) in [5.41, 5.74) is 3.63. The molecule has 0 aliphatic carbocycles. The van der Waals surface area contributed by atoms with E-state index in [0.29, 0.717) is 11.5 Å². The van der Waals surface area contributed by atoms with Crippen molar-refractivity contribution in [2.24, 2.45) is 0 Å². The van der Waals surface area contributed by atoms with Gasteiger partial charge in [-0.3, -0.25) is 4.79 Å². The first-order chi connectivity index (χ1) is 11.6. The average Bonchev–Trinajstić information content (AvgIpc) is 2.61. The van der Waals surface area contributed by atoms with Gasteiger partial charge in [0.25, 0.3) is 0 Å². The number of anilines is 1. The summed E-state index contributed by atoms with van der Waals surface area (Å²) in [4.78, 5) is 12.3. The van der Waals surface area contributed by atoms with Crippen molar-refractivity contribution in [3.63, 3.8) is 0 Å². The number of carbonyl (C=O) groups excluding carboxylic acids is 1. The van der Waals surface area contributed by atoms with E-state index in [1.54, 1.807) is 26.4 Å². The van der Waals surface area contributed by atoms with Crippen LogP contribution in [-0.4, -0.2) is 20.1 Å². The van der Waals surface area contributed by atoms with Crippen LogP contribution in [0.4, 0.5) is 5.69 Å². The molecule has 0 bridgehead atoms. The van der Waals surface area contributed by atoms with Gasteiger partial charge in [0.05, 0.1) is 14.2 Å². The number of nitrogens with one attached hydrogen (secondary N) is 1. The van der Waals surface area contributed by atoms with Crippen molar-refractivity contribution in [2.45, 2.75) is 20.3 Å². The second-order valence-electron chi connectivity index (χ2n) is 5.39. The highest BCUT2D eigenvalue weighted by Gasteiger charge is 2.09. The number of amides is 1.